The van der Waals surface area contributed by atoms with Crippen LogP contribution in [0.1, 0.15) is 12.0 Å². The largest absolute Gasteiger partial charge is 0.491 e. The van der Waals surface area contributed by atoms with Crippen molar-refractivity contribution in [1.82, 2.24) is 0 Å². The molecule has 0 spiro atoms. The number of carbonyl (C=O) groups is 1. The monoisotopic (exact) mass is 292 g/mol. The fraction of sp³-hybridized carbons (Fsp3) is 0.438. The van der Waals surface area contributed by atoms with Crippen LogP contribution in [0, 0.1) is 5.92 Å². The van der Waals surface area contributed by atoms with Gasteiger partial charge < -0.3 is 19.3 Å². The Hall–Kier alpha value is -1.85. The van der Waals surface area contributed by atoms with Crippen molar-refractivity contribution in [2.24, 2.45) is 5.92 Å². The molecule has 5 heteroatoms. The van der Waals surface area contributed by atoms with Gasteiger partial charge in [-0.1, -0.05) is 12.1 Å². The Morgan fingerprint density at radius 3 is 3.10 bits per heavy atom. The van der Waals surface area contributed by atoms with Crippen molar-refractivity contribution in [2.75, 3.05) is 33.0 Å². The van der Waals surface area contributed by atoms with E-state index < -0.39 is 5.97 Å². The highest BCUT2D eigenvalue weighted by Crippen LogP contribution is 2.15. The lowest BCUT2D eigenvalue weighted by molar-refractivity contribution is -0.131. The summed E-state index contributed by atoms with van der Waals surface area (Å²) in [6.45, 7) is 3.34. The number of benzene rings is 1. The van der Waals surface area contributed by atoms with Crippen molar-refractivity contribution in [3.63, 3.8) is 0 Å². The van der Waals surface area contributed by atoms with E-state index in [4.69, 9.17) is 19.3 Å². The molecule has 1 aromatic rings. The lowest BCUT2D eigenvalue weighted by Crippen LogP contribution is -2.13. The molecule has 0 aliphatic carbocycles. The molecule has 0 amide bonds. The van der Waals surface area contributed by atoms with Gasteiger partial charge in [0, 0.05) is 18.6 Å². The Labute approximate surface area is 124 Å². The number of rotatable bonds is 8. The molecule has 1 heterocycles. The maximum atomic E-state index is 10.5. The van der Waals surface area contributed by atoms with Gasteiger partial charge in [0.05, 0.1) is 19.8 Å². The number of hydrogen-bond acceptors (Lipinski definition) is 4. The van der Waals surface area contributed by atoms with Gasteiger partial charge in [0.1, 0.15) is 12.4 Å². The Kier molecular flexibility index (Phi) is 6.24. The summed E-state index contributed by atoms with van der Waals surface area (Å²) in [7, 11) is 0. The van der Waals surface area contributed by atoms with E-state index in [1.165, 1.54) is 6.08 Å². The lowest BCUT2D eigenvalue weighted by Gasteiger charge is -2.10. The molecule has 0 radical (unpaired) electrons. The number of aliphatic carboxylic acids is 1. The molecule has 5 nitrogen and oxygen atoms in total. The van der Waals surface area contributed by atoms with E-state index in [1.54, 1.807) is 6.07 Å². The minimum absolute atomic E-state index is 0.472. The minimum atomic E-state index is -0.967. The average Bonchev–Trinajstić information content (AvgIpc) is 2.98. The maximum absolute atomic E-state index is 10.5. The van der Waals surface area contributed by atoms with E-state index in [2.05, 4.69) is 0 Å². The molecule has 1 aliphatic rings. The minimum Gasteiger partial charge on any atom is -0.491 e. The number of ether oxygens (including phenoxy) is 3. The Morgan fingerprint density at radius 2 is 2.33 bits per heavy atom. The van der Waals surface area contributed by atoms with Crippen LogP contribution in [0.4, 0.5) is 0 Å². The first kappa shape index (κ1) is 15.5. The first-order valence-corrected chi connectivity index (χ1v) is 7.03. The summed E-state index contributed by atoms with van der Waals surface area (Å²) >= 11 is 0. The van der Waals surface area contributed by atoms with E-state index in [0.717, 1.165) is 31.3 Å². The summed E-state index contributed by atoms with van der Waals surface area (Å²) in [5.74, 6) is 0.246. The van der Waals surface area contributed by atoms with E-state index in [-0.39, 0.29) is 0 Å². The normalized spacial score (nSPS) is 18.2. The topological polar surface area (TPSA) is 65.0 Å². The predicted molar refractivity (Wildman–Crippen MR) is 78.4 cm³/mol. The summed E-state index contributed by atoms with van der Waals surface area (Å²) in [6, 6.07) is 7.28. The van der Waals surface area contributed by atoms with E-state index >= 15 is 0 Å². The van der Waals surface area contributed by atoms with Crippen molar-refractivity contribution in [1.29, 1.82) is 0 Å². The Morgan fingerprint density at radius 1 is 1.43 bits per heavy atom. The van der Waals surface area contributed by atoms with E-state index in [9.17, 15) is 4.79 Å². The standard InChI is InChI=1S/C16H20O5/c17-16(18)5-4-13-2-1-3-15(10-13)21-9-8-20-12-14-6-7-19-11-14/h1-5,10,14H,6-9,11-12H2,(H,17,18). The molecule has 1 aliphatic heterocycles. The van der Waals surface area contributed by atoms with Crippen LogP contribution in [-0.4, -0.2) is 44.1 Å². The molecule has 0 bridgehead atoms. The smallest absolute Gasteiger partial charge is 0.328 e. The summed E-state index contributed by atoms with van der Waals surface area (Å²) < 4.78 is 16.4. The van der Waals surface area contributed by atoms with Gasteiger partial charge in [0.25, 0.3) is 0 Å². The van der Waals surface area contributed by atoms with Gasteiger partial charge >= 0.3 is 5.97 Å². The highest BCUT2D eigenvalue weighted by atomic mass is 16.5. The van der Waals surface area contributed by atoms with Crippen molar-refractivity contribution < 1.29 is 24.1 Å². The van der Waals surface area contributed by atoms with Gasteiger partial charge in [-0.2, -0.15) is 0 Å². The van der Waals surface area contributed by atoms with Gasteiger partial charge in [0.2, 0.25) is 0 Å². The Bertz CT molecular complexity index is 477. The zero-order valence-electron chi connectivity index (χ0n) is 11.9. The first-order chi connectivity index (χ1) is 10.2. The third-order valence-electron chi connectivity index (χ3n) is 3.15. The highest BCUT2D eigenvalue weighted by molar-refractivity contribution is 5.85. The summed E-state index contributed by atoms with van der Waals surface area (Å²) in [5.41, 5.74) is 0.791. The molecule has 1 aromatic carbocycles. The Balaban J connectivity index is 1.67. The van der Waals surface area contributed by atoms with Crippen LogP contribution in [-0.2, 0) is 14.3 Å². The number of carboxylic acids is 1. The molecule has 0 aromatic heterocycles. The summed E-state index contributed by atoms with van der Waals surface area (Å²) in [5, 5.41) is 8.59. The fourth-order valence-electron chi connectivity index (χ4n) is 2.06. The second-order valence-electron chi connectivity index (χ2n) is 4.90. The first-order valence-electron chi connectivity index (χ1n) is 7.03. The lowest BCUT2D eigenvalue weighted by atomic mass is 10.1. The van der Waals surface area contributed by atoms with Gasteiger partial charge in [0.15, 0.2) is 0 Å². The molecular formula is C16H20O5. The van der Waals surface area contributed by atoms with Gasteiger partial charge in [-0.25, -0.2) is 4.79 Å². The zero-order chi connectivity index (χ0) is 14.9. The second kappa shape index (κ2) is 8.44. The number of hydrogen-bond donors (Lipinski definition) is 1. The van der Waals surface area contributed by atoms with E-state index in [1.807, 2.05) is 18.2 Å². The molecule has 1 saturated heterocycles. The molecule has 0 saturated carbocycles. The third kappa shape index (κ3) is 5.97. The van der Waals surface area contributed by atoms with Crippen LogP contribution in [0.5, 0.6) is 5.75 Å². The molecule has 114 valence electrons. The van der Waals surface area contributed by atoms with Crippen molar-refractivity contribution >= 4 is 12.0 Å². The molecule has 1 unspecified atom stereocenters. The van der Waals surface area contributed by atoms with Crippen LogP contribution in [0.15, 0.2) is 30.3 Å². The molecule has 1 atom stereocenters. The van der Waals surface area contributed by atoms with Crippen molar-refractivity contribution in [3.05, 3.63) is 35.9 Å². The molecular weight excluding hydrogens is 272 g/mol. The summed E-state index contributed by atoms with van der Waals surface area (Å²) in [4.78, 5) is 10.5. The van der Waals surface area contributed by atoms with Crippen LogP contribution in [0.3, 0.4) is 0 Å². The van der Waals surface area contributed by atoms with Gasteiger partial charge in [-0.3, -0.25) is 0 Å². The molecule has 1 fully saturated rings. The second-order valence-corrected chi connectivity index (χ2v) is 4.90. The van der Waals surface area contributed by atoms with Gasteiger partial charge in [-0.15, -0.1) is 0 Å². The van der Waals surface area contributed by atoms with Gasteiger partial charge in [-0.05, 0) is 30.2 Å². The van der Waals surface area contributed by atoms with Crippen LogP contribution < -0.4 is 4.74 Å². The van der Waals surface area contributed by atoms with Crippen LogP contribution >= 0.6 is 0 Å². The van der Waals surface area contributed by atoms with Crippen LogP contribution in [0.2, 0.25) is 0 Å². The SMILES string of the molecule is O=C(O)C=Cc1cccc(OCCOCC2CCOC2)c1. The number of carboxylic acid groups (broad SMARTS) is 1. The van der Waals surface area contributed by atoms with Crippen molar-refractivity contribution in [3.8, 4) is 5.75 Å². The average molecular weight is 292 g/mol. The zero-order valence-corrected chi connectivity index (χ0v) is 11.9. The molecule has 21 heavy (non-hydrogen) atoms. The van der Waals surface area contributed by atoms with Crippen LogP contribution in [0.25, 0.3) is 6.08 Å². The quantitative estimate of drug-likeness (QED) is 0.588. The molecule has 1 N–H and O–H groups in total. The maximum Gasteiger partial charge on any atom is 0.328 e. The predicted octanol–water partition coefficient (Wildman–Crippen LogP) is 2.22. The molecule has 2 rings (SSSR count). The van der Waals surface area contributed by atoms with E-state index in [0.29, 0.717) is 31.5 Å². The van der Waals surface area contributed by atoms with Crippen molar-refractivity contribution in [2.45, 2.75) is 6.42 Å². The highest BCUT2D eigenvalue weighted by Gasteiger charge is 2.15. The summed E-state index contributed by atoms with van der Waals surface area (Å²) in [6.07, 6.45) is 3.70. The third-order valence-corrected chi connectivity index (χ3v) is 3.15. The fourth-order valence-corrected chi connectivity index (χ4v) is 2.06.